The van der Waals surface area contributed by atoms with Gasteiger partial charge in [0.2, 0.25) is 0 Å². The van der Waals surface area contributed by atoms with Gasteiger partial charge in [-0.05, 0) is 62.3 Å². The van der Waals surface area contributed by atoms with Crippen LogP contribution in [0.2, 0.25) is 0 Å². The third-order valence-electron chi connectivity index (χ3n) is 4.27. The summed E-state index contributed by atoms with van der Waals surface area (Å²) >= 11 is 0. The lowest BCUT2D eigenvalue weighted by molar-refractivity contribution is -0.138. The summed E-state index contributed by atoms with van der Waals surface area (Å²) in [6, 6.07) is 7.76. The first-order valence-electron chi connectivity index (χ1n) is 7.58. The van der Waals surface area contributed by atoms with E-state index in [0.29, 0.717) is 5.92 Å². The molecule has 1 aliphatic heterocycles. The van der Waals surface area contributed by atoms with Crippen LogP contribution in [0.1, 0.15) is 32.1 Å². The molecule has 2 aliphatic rings. The second-order valence-electron chi connectivity index (χ2n) is 5.89. The maximum Gasteiger partial charge on any atom is 0.326 e. The molecule has 2 fully saturated rings. The molecule has 1 saturated carbocycles. The van der Waals surface area contributed by atoms with Gasteiger partial charge in [0.25, 0.3) is 0 Å². The van der Waals surface area contributed by atoms with Crippen LogP contribution in [0.4, 0.5) is 11.4 Å². The fraction of sp³-hybridized carbons (Fsp3) is 0.562. The third-order valence-corrected chi connectivity index (χ3v) is 4.27. The summed E-state index contributed by atoms with van der Waals surface area (Å²) in [6.07, 6.45) is 5.91. The molecule has 108 valence electrons. The molecular formula is C16H22N2O2. The Hall–Kier alpha value is -1.71. The van der Waals surface area contributed by atoms with Crippen LogP contribution >= 0.6 is 0 Å². The number of benzene rings is 1. The Morgan fingerprint density at radius 2 is 1.80 bits per heavy atom. The minimum absolute atomic E-state index is 0.300. The Kier molecular flexibility index (Phi) is 3.81. The lowest BCUT2D eigenvalue weighted by Gasteiger charge is -2.29. The Balaban J connectivity index is 1.64. The van der Waals surface area contributed by atoms with Crippen LogP contribution in [-0.4, -0.2) is 30.2 Å². The van der Waals surface area contributed by atoms with Crippen LogP contribution in [0.25, 0.3) is 0 Å². The van der Waals surface area contributed by atoms with Crippen LogP contribution in [0.15, 0.2) is 24.3 Å². The van der Waals surface area contributed by atoms with Gasteiger partial charge < -0.3 is 15.3 Å². The SMILES string of the molecule is O=C(O)C(Nc1ccc(N2CCCCC2)cc1)C1CC1. The fourth-order valence-corrected chi connectivity index (χ4v) is 2.91. The zero-order chi connectivity index (χ0) is 13.9. The van der Waals surface area contributed by atoms with E-state index in [2.05, 4.69) is 22.3 Å². The predicted molar refractivity (Wildman–Crippen MR) is 80.3 cm³/mol. The van der Waals surface area contributed by atoms with Crippen molar-refractivity contribution in [1.29, 1.82) is 0 Å². The molecule has 0 aromatic heterocycles. The molecule has 20 heavy (non-hydrogen) atoms. The molecule has 1 aromatic carbocycles. The van der Waals surface area contributed by atoms with E-state index in [4.69, 9.17) is 0 Å². The molecule has 1 atom stereocenters. The molecule has 1 saturated heterocycles. The average Bonchev–Trinajstić information content (AvgIpc) is 3.30. The van der Waals surface area contributed by atoms with Gasteiger partial charge in [-0.25, -0.2) is 4.79 Å². The van der Waals surface area contributed by atoms with Crippen LogP contribution < -0.4 is 10.2 Å². The van der Waals surface area contributed by atoms with Crippen LogP contribution in [0, 0.1) is 5.92 Å². The second kappa shape index (κ2) is 5.73. The van der Waals surface area contributed by atoms with Gasteiger partial charge in [-0.1, -0.05) is 0 Å². The van der Waals surface area contributed by atoms with Crippen molar-refractivity contribution in [2.75, 3.05) is 23.3 Å². The van der Waals surface area contributed by atoms with Crippen molar-refractivity contribution < 1.29 is 9.90 Å². The van der Waals surface area contributed by atoms with E-state index in [1.54, 1.807) is 0 Å². The molecule has 1 unspecified atom stereocenters. The summed E-state index contributed by atoms with van der Waals surface area (Å²) < 4.78 is 0. The van der Waals surface area contributed by atoms with Gasteiger partial charge in [0.15, 0.2) is 0 Å². The smallest absolute Gasteiger partial charge is 0.326 e. The summed E-state index contributed by atoms with van der Waals surface area (Å²) in [6.45, 7) is 2.26. The number of piperidine rings is 1. The molecule has 0 radical (unpaired) electrons. The maximum atomic E-state index is 11.2. The molecule has 1 heterocycles. The molecule has 4 heteroatoms. The number of nitrogens with zero attached hydrogens (tertiary/aromatic N) is 1. The van der Waals surface area contributed by atoms with Crippen LogP contribution in [-0.2, 0) is 4.79 Å². The molecular weight excluding hydrogens is 252 g/mol. The Morgan fingerprint density at radius 3 is 2.35 bits per heavy atom. The van der Waals surface area contributed by atoms with E-state index in [-0.39, 0.29) is 0 Å². The Morgan fingerprint density at radius 1 is 1.15 bits per heavy atom. The van der Waals surface area contributed by atoms with Crippen molar-refractivity contribution in [3.63, 3.8) is 0 Å². The second-order valence-corrected chi connectivity index (χ2v) is 5.89. The number of aliphatic carboxylic acids is 1. The van der Waals surface area contributed by atoms with Crippen molar-refractivity contribution >= 4 is 17.3 Å². The quantitative estimate of drug-likeness (QED) is 0.866. The number of anilines is 2. The number of carboxylic acid groups (broad SMARTS) is 1. The highest BCUT2D eigenvalue weighted by Gasteiger charge is 2.36. The number of carbonyl (C=O) groups is 1. The fourth-order valence-electron chi connectivity index (χ4n) is 2.91. The number of hydrogen-bond donors (Lipinski definition) is 2. The Bertz CT molecular complexity index is 462. The maximum absolute atomic E-state index is 11.2. The molecule has 0 amide bonds. The van der Waals surface area contributed by atoms with E-state index in [1.807, 2.05) is 12.1 Å². The van der Waals surface area contributed by atoms with Gasteiger partial charge in [-0.2, -0.15) is 0 Å². The normalized spacial score (nSPS) is 20.5. The summed E-state index contributed by atoms with van der Waals surface area (Å²) in [5.74, 6) is -0.443. The van der Waals surface area contributed by atoms with Crippen molar-refractivity contribution in [1.82, 2.24) is 0 Å². The summed E-state index contributed by atoms with van der Waals surface area (Å²) in [5.41, 5.74) is 2.15. The molecule has 4 nitrogen and oxygen atoms in total. The number of hydrogen-bond acceptors (Lipinski definition) is 3. The lowest BCUT2D eigenvalue weighted by atomic mass is 10.1. The van der Waals surface area contributed by atoms with E-state index >= 15 is 0 Å². The van der Waals surface area contributed by atoms with Crippen molar-refractivity contribution in [2.24, 2.45) is 5.92 Å². The van der Waals surface area contributed by atoms with Gasteiger partial charge >= 0.3 is 5.97 Å². The largest absolute Gasteiger partial charge is 0.480 e. The van der Waals surface area contributed by atoms with Crippen molar-refractivity contribution in [3.8, 4) is 0 Å². The standard InChI is InChI=1S/C16H22N2O2/c19-16(20)15(12-4-5-12)17-13-6-8-14(9-7-13)18-10-2-1-3-11-18/h6-9,12,15,17H,1-5,10-11H2,(H,19,20). The van der Waals surface area contributed by atoms with E-state index in [9.17, 15) is 9.90 Å². The van der Waals surface area contributed by atoms with Gasteiger partial charge in [-0.15, -0.1) is 0 Å². The average molecular weight is 274 g/mol. The van der Waals surface area contributed by atoms with E-state index < -0.39 is 12.0 Å². The predicted octanol–water partition coefficient (Wildman–Crippen LogP) is 2.95. The summed E-state index contributed by atoms with van der Waals surface area (Å²) in [4.78, 5) is 13.6. The Labute approximate surface area is 119 Å². The first kappa shape index (κ1) is 13.3. The molecule has 1 aliphatic carbocycles. The third kappa shape index (κ3) is 3.06. The highest BCUT2D eigenvalue weighted by Crippen LogP contribution is 2.34. The minimum atomic E-state index is -0.743. The summed E-state index contributed by atoms with van der Waals surface area (Å²) in [5, 5.41) is 12.4. The first-order valence-corrected chi connectivity index (χ1v) is 7.58. The van der Waals surface area contributed by atoms with Gasteiger partial charge in [0, 0.05) is 24.5 Å². The highest BCUT2D eigenvalue weighted by atomic mass is 16.4. The topological polar surface area (TPSA) is 52.6 Å². The van der Waals surface area contributed by atoms with E-state index in [1.165, 1.54) is 24.9 Å². The zero-order valence-corrected chi connectivity index (χ0v) is 11.7. The molecule has 0 spiro atoms. The minimum Gasteiger partial charge on any atom is -0.480 e. The van der Waals surface area contributed by atoms with Crippen molar-refractivity contribution in [2.45, 2.75) is 38.1 Å². The van der Waals surface area contributed by atoms with Gasteiger partial charge in [0.05, 0.1) is 0 Å². The molecule has 1 aromatic rings. The zero-order valence-electron chi connectivity index (χ0n) is 11.7. The van der Waals surface area contributed by atoms with Crippen LogP contribution in [0.3, 0.4) is 0 Å². The highest BCUT2D eigenvalue weighted by molar-refractivity contribution is 5.78. The van der Waals surface area contributed by atoms with Gasteiger partial charge in [0.1, 0.15) is 6.04 Å². The van der Waals surface area contributed by atoms with E-state index in [0.717, 1.165) is 31.6 Å². The lowest BCUT2D eigenvalue weighted by Crippen LogP contribution is -2.31. The number of rotatable bonds is 5. The van der Waals surface area contributed by atoms with Crippen LogP contribution in [0.5, 0.6) is 0 Å². The first-order chi connectivity index (χ1) is 9.74. The van der Waals surface area contributed by atoms with Gasteiger partial charge in [-0.3, -0.25) is 0 Å². The number of carboxylic acids is 1. The summed E-state index contributed by atoms with van der Waals surface area (Å²) in [7, 11) is 0. The number of nitrogens with one attached hydrogen (secondary N) is 1. The monoisotopic (exact) mass is 274 g/mol. The molecule has 0 bridgehead atoms. The molecule has 3 rings (SSSR count). The van der Waals surface area contributed by atoms with Crippen molar-refractivity contribution in [3.05, 3.63) is 24.3 Å². The molecule has 2 N–H and O–H groups in total.